The maximum atomic E-state index is 11.6. The molecule has 1 amide bonds. The highest BCUT2D eigenvalue weighted by Crippen LogP contribution is 2.30. The van der Waals surface area contributed by atoms with Gasteiger partial charge in [-0.1, -0.05) is 13.8 Å². The van der Waals surface area contributed by atoms with Crippen molar-refractivity contribution in [2.75, 3.05) is 6.54 Å². The number of thiophene rings is 1. The number of carbonyl (C=O) groups excluding carboxylic acids is 1. The molecular weight excluding hydrogens is 234 g/mol. The summed E-state index contributed by atoms with van der Waals surface area (Å²) in [6, 6.07) is 2.08. The molecule has 0 saturated carbocycles. The van der Waals surface area contributed by atoms with Gasteiger partial charge in [-0.05, 0) is 37.8 Å². The van der Waals surface area contributed by atoms with Crippen LogP contribution in [0.5, 0.6) is 0 Å². The van der Waals surface area contributed by atoms with E-state index in [-0.39, 0.29) is 11.3 Å². The fraction of sp³-hybridized carbons (Fsp3) is 0.615. The number of hydrogen-bond donors (Lipinski definition) is 2. The molecule has 1 heterocycles. The average Bonchev–Trinajstić information content (AvgIpc) is 2.60. The molecule has 0 bridgehead atoms. The number of aliphatic hydroxyl groups is 1. The monoisotopic (exact) mass is 255 g/mol. The summed E-state index contributed by atoms with van der Waals surface area (Å²) in [7, 11) is 0. The highest BCUT2D eigenvalue weighted by Gasteiger charge is 2.28. The smallest absolute Gasteiger partial charge is 0.251 e. The Morgan fingerprint density at radius 1 is 1.41 bits per heavy atom. The SMILES string of the molecule is Cc1ccsc1C(C)(C)CNC(=O)C(C)(C)O. The van der Waals surface area contributed by atoms with Gasteiger partial charge in [0.1, 0.15) is 5.60 Å². The van der Waals surface area contributed by atoms with Crippen LogP contribution in [0.1, 0.15) is 38.1 Å². The molecule has 0 aromatic carbocycles. The van der Waals surface area contributed by atoms with E-state index in [1.807, 2.05) is 0 Å². The Kier molecular flexibility index (Phi) is 3.99. The second-order valence-corrected chi connectivity index (χ2v) is 6.47. The number of carbonyl (C=O) groups is 1. The zero-order valence-corrected chi connectivity index (χ0v) is 11.9. The van der Waals surface area contributed by atoms with Crippen molar-refractivity contribution in [2.45, 2.75) is 45.6 Å². The second-order valence-electron chi connectivity index (χ2n) is 5.56. The third-order valence-electron chi connectivity index (χ3n) is 2.72. The number of amides is 1. The first-order chi connectivity index (χ1) is 7.64. The van der Waals surface area contributed by atoms with E-state index in [4.69, 9.17) is 0 Å². The molecule has 4 heteroatoms. The van der Waals surface area contributed by atoms with E-state index in [9.17, 15) is 9.90 Å². The zero-order valence-electron chi connectivity index (χ0n) is 11.1. The lowest BCUT2D eigenvalue weighted by Gasteiger charge is -2.27. The van der Waals surface area contributed by atoms with Gasteiger partial charge < -0.3 is 10.4 Å². The van der Waals surface area contributed by atoms with Crippen molar-refractivity contribution in [3.05, 3.63) is 21.9 Å². The van der Waals surface area contributed by atoms with Crippen molar-refractivity contribution in [3.8, 4) is 0 Å². The van der Waals surface area contributed by atoms with Gasteiger partial charge in [0.25, 0.3) is 5.91 Å². The minimum atomic E-state index is -1.32. The van der Waals surface area contributed by atoms with Gasteiger partial charge in [-0.3, -0.25) is 4.79 Å². The van der Waals surface area contributed by atoms with Crippen molar-refractivity contribution < 1.29 is 9.90 Å². The van der Waals surface area contributed by atoms with Gasteiger partial charge in [0, 0.05) is 16.8 Å². The largest absolute Gasteiger partial charge is 0.381 e. The fourth-order valence-corrected chi connectivity index (χ4v) is 2.72. The molecule has 0 aliphatic heterocycles. The number of nitrogens with one attached hydrogen (secondary N) is 1. The Bertz CT molecular complexity index is 402. The lowest BCUT2D eigenvalue weighted by Crippen LogP contribution is -2.46. The van der Waals surface area contributed by atoms with Crippen LogP contribution in [0.15, 0.2) is 11.4 Å². The van der Waals surface area contributed by atoms with Crippen LogP contribution in [-0.2, 0) is 10.2 Å². The molecular formula is C13H21NO2S. The molecule has 1 aromatic rings. The molecule has 2 N–H and O–H groups in total. The van der Waals surface area contributed by atoms with E-state index in [0.29, 0.717) is 6.54 Å². The Morgan fingerprint density at radius 2 is 2.00 bits per heavy atom. The Balaban J connectivity index is 2.69. The summed E-state index contributed by atoms with van der Waals surface area (Å²) in [6.07, 6.45) is 0. The molecule has 3 nitrogen and oxygen atoms in total. The topological polar surface area (TPSA) is 49.3 Å². The van der Waals surface area contributed by atoms with Crippen molar-refractivity contribution >= 4 is 17.2 Å². The molecule has 0 spiro atoms. The van der Waals surface area contributed by atoms with E-state index in [0.717, 1.165) is 0 Å². The Hall–Kier alpha value is -0.870. The van der Waals surface area contributed by atoms with Crippen LogP contribution in [0.4, 0.5) is 0 Å². The van der Waals surface area contributed by atoms with Gasteiger partial charge in [-0.15, -0.1) is 11.3 Å². The van der Waals surface area contributed by atoms with E-state index < -0.39 is 5.60 Å². The Labute approximate surface area is 107 Å². The molecule has 0 aliphatic carbocycles. The van der Waals surface area contributed by atoms with Gasteiger partial charge in [0.15, 0.2) is 0 Å². The Morgan fingerprint density at radius 3 is 2.41 bits per heavy atom. The average molecular weight is 255 g/mol. The molecule has 0 saturated heterocycles. The summed E-state index contributed by atoms with van der Waals surface area (Å²) in [6.45, 7) is 9.77. The summed E-state index contributed by atoms with van der Waals surface area (Å²) in [5.41, 5.74) is -0.183. The first-order valence-electron chi connectivity index (χ1n) is 5.70. The minimum Gasteiger partial charge on any atom is -0.381 e. The van der Waals surface area contributed by atoms with Crippen LogP contribution >= 0.6 is 11.3 Å². The van der Waals surface area contributed by atoms with Gasteiger partial charge in [-0.25, -0.2) is 0 Å². The third-order valence-corrected chi connectivity index (χ3v) is 4.11. The highest BCUT2D eigenvalue weighted by atomic mass is 32.1. The number of rotatable bonds is 4. The maximum Gasteiger partial charge on any atom is 0.251 e. The molecule has 17 heavy (non-hydrogen) atoms. The van der Waals surface area contributed by atoms with Gasteiger partial charge in [-0.2, -0.15) is 0 Å². The highest BCUT2D eigenvalue weighted by molar-refractivity contribution is 7.10. The fourth-order valence-electron chi connectivity index (χ4n) is 1.66. The molecule has 0 unspecified atom stereocenters. The van der Waals surface area contributed by atoms with E-state index in [1.165, 1.54) is 24.3 Å². The van der Waals surface area contributed by atoms with Crippen molar-refractivity contribution in [3.63, 3.8) is 0 Å². The maximum absolute atomic E-state index is 11.6. The van der Waals surface area contributed by atoms with E-state index in [2.05, 4.69) is 37.5 Å². The quantitative estimate of drug-likeness (QED) is 0.866. The van der Waals surface area contributed by atoms with Crippen LogP contribution in [0, 0.1) is 6.92 Å². The molecule has 0 radical (unpaired) electrons. The van der Waals surface area contributed by atoms with Crippen LogP contribution in [-0.4, -0.2) is 23.2 Å². The van der Waals surface area contributed by atoms with Gasteiger partial charge in [0.2, 0.25) is 0 Å². The predicted molar refractivity (Wildman–Crippen MR) is 71.4 cm³/mol. The molecule has 1 aromatic heterocycles. The van der Waals surface area contributed by atoms with Crippen molar-refractivity contribution in [1.82, 2.24) is 5.32 Å². The predicted octanol–water partition coefficient (Wildman–Crippen LogP) is 2.22. The van der Waals surface area contributed by atoms with Crippen LogP contribution in [0.25, 0.3) is 0 Å². The molecule has 0 aliphatic rings. The van der Waals surface area contributed by atoms with E-state index >= 15 is 0 Å². The second kappa shape index (κ2) is 4.78. The van der Waals surface area contributed by atoms with E-state index in [1.54, 1.807) is 11.3 Å². The standard InChI is InChI=1S/C13H21NO2S/c1-9-6-7-17-10(9)12(2,3)8-14-11(15)13(4,5)16/h6-7,16H,8H2,1-5H3,(H,14,15). The first kappa shape index (κ1) is 14.2. The van der Waals surface area contributed by atoms with Crippen molar-refractivity contribution in [1.29, 1.82) is 0 Å². The lowest BCUT2D eigenvalue weighted by atomic mass is 9.89. The van der Waals surface area contributed by atoms with Crippen LogP contribution in [0.2, 0.25) is 0 Å². The first-order valence-corrected chi connectivity index (χ1v) is 6.58. The summed E-state index contributed by atoms with van der Waals surface area (Å²) >= 11 is 1.70. The summed E-state index contributed by atoms with van der Waals surface area (Å²) in [5, 5.41) is 14.4. The van der Waals surface area contributed by atoms with Crippen molar-refractivity contribution in [2.24, 2.45) is 0 Å². The third kappa shape index (κ3) is 3.54. The van der Waals surface area contributed by atoms with Gasteiger partial charge >= 0.3 is 0 Å². The summed E-state index contributed by atoms with van der Waals surface area (Å²) in [4.78, 5) is 12.9. The molecule has 0 atom stereocenters. The van der Waals surface area contributed by atoms with Crippen LogP contribution < -0.4 is 5.32 Å². The minimum absolute atomic E-state index is 0.112. The molecule has 0 fully saturated rings. The lowest BCUT2D eigenvalue weighted by molar-refractivity contribution is -0.136. The van der Waals surface area contributed by atoms with Gasteiger partial charge in [0.05, 0.1) is 0 Å². The number of hydrogen-bond acceptors (Lipinski definition) is 3. The summed E-state index contributed by atoms with van der Waals surface area (Å²) < 4.78 is 0. The number of aryl methyl sites for hydroxylation is 1. The molecule has 96 valence electrons. The zero-order chi connectivity index (χ0) is 13.3. The van der Waals surface area contributed by atoms with Crippen LogP contribution in [0.3, 0.4) is 0 Å². The summed E-state index contributed by atoms with van der Waals surface area (Å²) in [5.74, 6) is -0.334. The molecule has 1 rings (SSSR count). The normalized spacial score (nSPS) is 12.6.